The highest BCUT2D eigenvalue weighted by Crippen LogP contribution is 2.42. The summed E-state index contributed by atoms with van der Waals surface area (Å²) in [5, 5.41) is 13.8. The molecule has 1 saturated carbocycles. The number of aromatic nitrogens is 5. The number of nitrogens with zero attached hydrogens (tertiary/aromatic N) is 4. The Hall–Kier alpha value is -2.38. The van der Waals surface area contributed by atoms with Crippen molar-refractivity contribution < 1.29 is 4.79 Å². The molecule has 0 saturated heterocycles. The van der Waals surface area contributed by atoms with Crippen molar-refractivity contribution >= 4 is 11.6 Å². The van der Waals surface area contributed by atoms with Crippen LogP contribution in [0.15, 0.2) is 6.33 Å². The molecular formula is C12H17N7O. The van der Waals surface area contributed by atoms with Crippen LogP contribution in [0.25, 0.3) is 0 Å². The van der Waals surface area contributed by atoms with Crippen molar-refractivity contribution in [2.24, 2.45) is 7.05 Å². The van der Waals surface area contributed by atoms with Crippen LogP contribution in [0.4, 0.5) is 5.69 Å². The standard InChI is InChI=1S/C12H17N7O/c1-19-6-15-8(18-19)4-5-14-12(20)11-9(13)10(16-17-11)7-2-3-7/h6-7H,2-5,13H2,1H3,(H,14,20)(H,16,17). The first-order valence-electron chi connectivity index (χ1n) is 6.61. The molecule has 8 nitrogen and oxygen atoms in total. The average Bonchev–Trinajstić information content (AvgIpc) is 3.07. The van der Waals surface area contributed by atoms with Crippen LogP contribution in [0.5, 0.6) is 0 Å². The van der Waals surface area contributed by atoms with Crippen LogP contribution in [-0.4, -0.2) is 37.4 Å². The summed E-state index contributed by atoms with van der Waals surface area (Å²) in [6.07, 6.45) is 4.43. The fourth-order valence-electron chi connectivity index (χ4n) is 2.09. The van der Waals surface area contributed by atoms with E-state index in [9.17, 15) is 4.79 Å². The van der Waals surface area contributed by atoms with Crippen molar-refractivity contribution in [1.29, 1.82) is 0 Å². The van der Waals surface area contributed by atoms with Crippen LogP contribution in [0.2, 0.25) is 0 Å². The minimum atomic E-state index is -0.262. The van der Waals surface area contributed by atoms with E-state index >= 15 is 0 Å². The number of carbonyl (C=O) groups excluding carboxylic acids is 1. The van der Waals surface area contributed by atoms with E-state index in [4.69, 9.17) is 5.73 Å². The van der Waals surface area contributed by atoms with Crippen molar-refractivity contribution in [1.82, 2.24) is 30.3 Å². The van der Waals surface area contributed by atoms with Crippen LogP contribution in [0, 0.1) is 0 Å². The fraction of sp³-hybridized carbons (Fsp3) is 0.500. The Balaban J connectivity index is 1.56. The summed E-state index contributed by atoms with van der Waals surface area (Å²) in [7, 11) is 1.80. The molecule has 0 aromatic carbocycles. The molecular weight excluding hydrogens is 258 g/mol. The Morgan fingerprint density at radius 2 is 2.40 bits per heavy atom. The molecule has 0 spiro atoms. The Kier molecular flexibility index (Phi) is 3.13. The molecule has 0 atom stereocenters. The summed E-state index contributed by atoms with van der Waals surface area (Å²) in [5.41, 5.74) is 7.59. The topological polar surface area (TPSA) is 115 Å². The van der Waals surface area contributed by atoms with E-state index < -0.39 is 0 Å². The predicted molar refractivity (Wildman–Crippen MR) is 72.0 cm³/mol. The molecule has 2 heterocycles. The van der Waals surface area contributed by atoms with Gasteiger partial charge in [0.25, 0.3) is 5.91 Å². The van der Waals surface area contributed by atoms with E-state index in [1.54, 1.807) is 18.1 Å². The van der Waals surface area contributed by atoms with Gasteiger partial charge in [-0.1, -0.05) is 0 Å². The van der Waals surface area contributed by atoms with Gasteiger partial charge >= 0.3 is 0 Å². The molecule has 1 aliphatic rings. The number of aryl methyl sites for hydroxylation is 1. The number of anilines is 1. The van der Waals surface area contributed by atoms with E-state index in [0.717, 1.165) is 18.5 Å². The maximum atomic E-state index is 12.0. The number of amides is 1. The number of nitrogens with two attached hydrogens (primary N) is 1. The minimum Gasteiger partial charge on any atom is -0.395 e. The summed E-state index contributed by atoms with van der Waals surface area (Å²) in [5.74, 6) is 0.879. The lowest BCUT2D eigenvalue weighted by Crippen LogP contribution is -2.27. The largest absolute Gasteiger partial charge is 0.395 e. The molecule has 4 N–H and O–H groups in total. The zero-order valence-electron chi connectivity index (χ0n) is 11.3. The van der Waals surface area contributed by atoms with Crippen molar-refractivity contribution in [3.63, 3.8) is 0 Å². The van der Waals surface area contributed by atoms with Crippen molar-refractivity contribution in [2.75, 3.05) is 12.3 Å². The van der Waals surface area contributed by atoms with E-state index in [1.807, 2.05) is 0 Å². The third-order valence-electron chi connectivity index (χ3n) is 3.32. The summed E-state index contributed by atoms with van der Waals surface area (Å²) in [6, 6.07) is 0. The maximum absolute atomic E-state index is 12.0. The zero-order valence-corrected chi connectivity index (χ0v) is 11.3. The highest BCUT2D eigenvalue weighted by molar-refractivity contribution is 5.97. The number of aromatic amines is 1. The molecule has 1 amide bonds. The van der Waals surface area contributed by atoms with Gasteiger partial charge in [-0.15, -0.1) is 0 Å². The Morgan fingerprint density at radius 3 is 3.05 bits per heavy atom. The number of rotatable bonds is 5. The monoisotopic (exact) mass is 275 g/mol. The highest BCUT2D eigenvalue weighted by Gasteiger charge is 2.30. The summed E-state index contributed by atoms with van der Waals surface area (Å²) in [4.78, 5) is 16.1. The number of nitrogen functional groups attached to an aromatic ring is 1. The summed E-state index contributed by atoms with van der Waals surface area (Å²) >= 11 is 0. The van der Waals surface area contributed by atoms with Crippen LogP contribution in [0.3, 0.4) is 0 Å². The Morgan fingerprint density at radius 1 is 1.60 bits per heavy atom. The lowest BCUT2D eigenvalue weighted by atomic mass is 10.2. The van der Waals surface area contributed by atoms with Crippen LogP contribution >= 0.6 is 0 Å². The second-order valence-electron chi connectivity index (χ2n) is 5.01. The van der Waals surface area contributed by atoms with Crippen molar-refractivity contribution in [3.05, 3.63) is 23.5 Å². The Labute approximate surface area is 115 Å². The van der Waals surface area contributed by atoms with E-state index in [0.29, 0.717) is 30.4 Å². The van der Waals surface area contributed by atoms with Gasteiger partial charge in [0.15, 0.2) is 11.5 Å². The number of hydrogen-bond acceptors (Lipinski definition) is 5. The van der Waals surface area contributed by atoms with Gasteiger partial charge < -0.3 is 11.1 Å². The predicted octanol–water partition coefficient (Wildman–Crippen LogP) is -0.0297. The molecule has 0 aliphatic heterocycles. The molecule has 1 fully saturated rings. The van der Waals surface area contributed by atoms with E-state index in [-0.39, 0.29) is 11.6 Å². The first-order valence-corrected chi connectivity index (χ1v) is 6.61. The summed E-state index contributed by atoms with van der Waals surface area (Å²) in [6.45, 7) is 0.452. The van der Waals surface area contributed by atoms with E-state index in [1.165, 1.54) is 0 Å². The maximum Gasteiger partial charge on any atom is 0.273 e. The molecule has 106 valence electrons. The number of nitrogens with one attached hydrogen (secondary N) is 2. The van der Waals surface area contributed by atoms with Crippen LogP contribution in [0.1, 0.15) is 40.8 Å². The highest BCUT2D eigenvalue weighted by atomic mass is 16.1. The van der Waals surface area contributed by atoms with Crippen LogP contribution < -0.4 is 11.1 Å². The SMILES string of the molecule is Cn1cnc(CCNC(=O)c2n[nH]c(C3CC3)c2N)n1. The van der Waals surface area contributed by atoms with Gasteiger partial charge in [0.1, 0.15) is 6.33 Å². The van der Waals surface area contributed by atoms with Crippen molar-refractivity contribution in [2.45, 2.75) is 25.2 Å². The molecule has 1 aliphatic carbocycles. The number of H-pyrrole nitrogens is 1. The number of hydrogen-bond donors (Lipinski definition) is 3. The lowest BCUT2D eigenvalue weighted by molar-refractivity contribution is 0.0950. The quantitative estimate of drug-likeness (QED) is 0.709. The van der Waals surface area contributed by atoms with Crippen LogP contribution in [-0.2, 0) is 13.5 Å². The molecule has 2 aromatic rings. The second kappa shape index (κ2) is 4.95. The molecule has 2 aromatic heterocycles. The van der Waals surface area contributed by atoms with Gasteiger partial charge in [-0.2, -0.15) is 10.2 Å². The molecule has 0 unspecified atom stereocenters. The fourth-order valence-corrected chi connectivity index (χ4v) is 2.09. The molecule has 0 radical (unpaired) electrons. The van der Waals surface area contributed by atoms with Gasteiger partial charge in [0.2, 0.25) is 0 Å². The number of carbonyl (C=O) groups is 1. The van der Waals surface area contributed by atoms with Gasteiger partial charge in [-0.25, -0.2) is 4.98 Å². The van der Waals surface area contributed by atoms with E-state index in [2.05, 4.69) is 25.6 Å². The first kappa shape index (κ1) is 12.6. The lowest BCUT2D eigenvalue weighted by Gasteiger charge is -2.02. The second-order valence-corrected chi connectivity index (χ2v) is 5.01. The normalized spacial score (nSPS) is 14.4. The third kappa shape index (κ3) is 2.49. The van der Waals surface area contributed by atoms with Gasteiger partial charge in [0, 0.05) is 25.9 Å². The van der Waals surface area contributed by atoms with Crippen molar-refractivity contribution in [3.8, 4) is 0 Å². The minimum absolute atomic E-state index is 0.262. The summed E-state index contributed by atoms with van der Waals surface area (Å²) < 4.78 is 1.63. The molecule has 20 heavy (non-hydrogen) atoms. The molecule has 8 heteroatoms. The van der Waals surface area contributed by atoms with Gasteiger partial charge in [-0.05, 0) is 12.8 Å². The molecule has 3 rings (SSSR count). The first-order chi connectivity index (χ1) is 9.65. The smallest absolute Gasteiger partial charge is 0.273 e. The van der Waals surface area contributed by atoms with Gasteiger partial charge in [-0.3, -0.25) is 14.6 Å². The molecule has 0 bridgehead atoms. The zero-order chi connectivity index (χ0) is 14.1. The Bertz CT molecular complexity index is 626. The third-order valence-corrected chi connectivity index (χ3v) is 3.32. The average molecular weight is 275 g/mol. The van der Waals surface area contributed by atoms with Gasteiger partial charge in [0.05, 0.1) is 11.4 Å².